The molecule has 5 nitrogen and oxygen atoms in total. The zero-order chi connectivity index (χ0) is 12.1. The minimum absolute atomic E-state index is 0.378. The number of methoxy groups -OCH3 is 1. The highest BCUT2D eigenvalue weighted by molar-refractivity contribution is 5.62. The molecule has 1 heterocycles. The molecule has 2 N–H and O–H groups in total. The maximum absolute atomic E-state index is 5.73. The normalized spacial score (nSPS) is 12.2. The summed E-state index contributed by atoms with van der Waals surface area (Å²) in [6, 6.07) is 0. The lowest BCUT2D eigenvalue weighted by Gasteiger charge is -2.23. The van der Waals surface area contributed by atoms with E-state index < -0.39 is 0 Å². The van der Waals surface area contributed by atoms with Gasteiger partial charge in [-0.15, -0.1) is 0 Å². The molecule has 0 saturated heterocycles. The lowest BCUT2D eigenvalue weighted by molar-refractivity contribution is 0.412. The van der Waals surface area contributed by atoms with Crippen molar-refractivity contribution in [3.63, 3.8) is 0 Å². The molecule has 0 aromatic carbocycles. The van der Waals surface area contributed by atoms with Crippen molar-refractivity contribution in [2.45, 2.75) is 20.3 Å². The SMILES string of the molecule is CCC(C)CN(C)c1ncnc(N)c1OC. The first kappa shape index (κ1) is 12.5. The molecule has 0 fully saturated rings. The van der Waals surface area contributed by atoms with E-state index in [1.807, 2.05) is 11.9 Å². The molecule has 0 radical (unpaired) electrons. The van der Waals surface area contributed by atoms with Gasteiger partial charge in [0.1, 0.15) is 6.33 Å². The molecule has 1 rings (SSSR count). The molecule has 0 amide bonds. The van der Waals surface area contributed by atoms with Crippen LogP contribution in [0.25, 0.3) is 0 Å². The first-order valence-corrected chi connectivity index (χ1v) is 5.45. The van der Waals surface area contributed by atoms with Crippen LogP contribution in [0, 0.1) is 5.92 Å². The summed E-state index contributed by atoms with van der Waals surface area (Å²) in [4.78, 5) is 10.2. The number of nitrogen functional groups attached to an aromatic ring is 1. The third-order valence-electron chi connectivity index (χ3n) is 2.66. The molecule has 0 spiro atoms. The van der Waals surface area contributed by atoms with Crippen molar-refractivity contribution in [3.05, 3.63) is 6.33 Å². The van der Waals surface area contributed by atoms with E-state index in [1.54, 1.807) is 7.11 Å². The van der Waals surface area contributed by atoms with Crippen LogP contribution in [0.2, 0.25) is 0 Å². The van der Waals surface area contributed by atoms with E-state index in [-0.39, 0.29) is 0 Å². The summed E-state index contributed by atoms with van der Waals surface area (Å²) in [6.07, 6.45) is 2.59. The average molecular weight is 224 g/mol. The van der Waals surface area contributed by atoms with Crippen molar-refractivity contribution in [2.75, 3.05) is 31.3 Å². The van der Waals surface area contributed by atoms with Crippen molar-refractivity contribution in [3.8, 4) is 5.75 Å². The summed E-state index contributed by atoms with van der Waals surface area (Å²) in [7, 11) is 3.56. The Morgan fingerprint density at radius 3 is 2.75 bits per heavy atom. The summed E-state index contributed by atoms with van der Waals surface area (Å²) in [5.41, 5.74) is 5.73. The van der Waals surface area contributed by atoms with Crippen LogP contribution >= 0.6 is 0 Å². The number of aromatic nitrogens is 2. The number of nitrogens with zero attached hydrogens (tertiary/aromatic N) is 3. The van der Waals surface area contributed by atoms with Crippen LogP contribution < -0.4 is 15.4 Å². The standard InChI is InChI=1S/C11H20N4O/c1-5-8(2)6-15(3)11-9(16-4)10(12)13-7-14-11/h7-8H,5-6H2,1-4H3,(H2,12,13,14). The van der Waals surface area contributed by atoms with Gasteiger partial charge in [0.2, 0.25) is 5.75 Å². The molecule has 0 saturated carbocycles. The number of ether oxygens (including phenoxy) is 1. The van der Waals surface area contributed by atoms with Crippen molar-refractivity contribution in [1.29, 1.82) is 0 Å². The molecular weight excluding hydrogens is 204 g/mol. The molecule has 0 aliphatic rings. The fraction of sp³-hybridized carbons (Fsp3) is 0.636. The number of anilines is 2. The molecule has 0 aliphatic carbocycles. The number of rotatable bonds is 5. The quantitative estimate of drug-likeness (QED) is 0.822. The molecular formula is C11H20N4O. The second-order valence-corrected chi connectivity index (χ2v) is 4.01. The van der Waals surface area contributed by atoms with Gasteiger partial charge < -0.3 is 15.4 Å². The summed E-state index contributed by atoms with van der Waals surface area (Å²) >= 11 is 0. The van der Waals surface area contributed by atoms with E-state index in [2.05, 4.69) is 23.8 Å². The van der Waals surface area contributed by atoms with E-state index in [1.165, 1.54) is 6.33 Å². The Balaban J connectivity index is 2.90. The summed E-state index contributed by atoms with van der Waals surface area (Å²) in [5.74, 6) is 2.28. The second-order valence-electron chi connectivity index (χ2n) is 4.01. The van der Waals surface area contributed by atoms with Crippen LogP contribution in [0.1, 0.15) is 20.3 Å². The van der Waals surface area contributed by atoms with Gasteiger partial charge in [-0.25, -0.2) is 9.97 Å². The first-order chi connectivity index (χ1) is 7.60. The Bertz CT molecular complexity index is 343. The van der Waals surface area contributed by atoms with Gasteiger partial charge in [-0.2, -0.15) is 0 Å². The predicted octanol–water partition coefficient (Wildman–Crippen LogP) is 1.55. The zero-order valence-corrected chi connectivity index (χ0v) is 10.4. The van der Waals surface area contributed by atoms with Crippen molar-refractivity contribution in [1.82, 2.24) is 9.97 Å². The van der Waals surface area contributed by atoms with Crippen LogP contribution in [0.15, 0.2) is 6.33 Å². The minimum Gasteiger partial charge on any atom is -0.490 e. The smallest absolute Gasteiger partial charge is 0.204 e. The molecule has 5 heteroatoms. The van der Waals surface area contributed by atoms with Crippen molar-refractivity contribution >= 4 is 11.6 Å². The molecule has 0 bridgehead atoms. The van der Waals surface area contributed by atoms with Crippen molar-refractivity contribution in [2.24, 2.45) is 5.92 Å². The van der Waals surface area contributed by atoms with Gasteiger partial charge in [0, 0.05) is 13.6 Å². The van der Waals surface area contributed by atoms with Crippen LogP contribution in [0.5, 0.6) is 5.75 Å². The fourth-order valence-corrected chi connectivity index (χ4v) is 1.53. The van der Waals surface area contributed by atoms with Gasteiger partial charge in [0.25, 0.3) is 0 Å². The molecule has 16 heavy (non-hydrogen) atoms. The number of hydrogen-bond donors (Lipinski definition) is 1. The van der Waals surface area contributed by atoms with Gasteiger partial charge in [0.05, 0.1) is 7.11 Å². The molecule has 1 aromatic rings. The van der Waals surface area contributed by atoms with E-state index in [0.29, 0.717) is 17.5 Å². The van der Waals surface area contributed by atoms with Gasteiger partial charge in [-0.3, -0.25) is 0 Å². The Morgan fingerprint density at radius 2 is 2.19 bits per heavy atom. The van der Waals surface area contributed by atoms with E-state index >= 15 is 0 Å². The summed E-state index contributed by atoms with van der Waals surface area (Å²) in [5, 5.41) is 0. The van der Waals surface area contributed by atoms with Gasteiger partial charge in [-0.05, 0) is 5.92 Å². The Labute approximate surface area is 96.6 Å². The Kier molecular flexibility index (Phi) is 4.34. The lowest BCUT2D eigenvalue weighted by Crippen LogP contribution is -2.25. The fourth-order valence-electron chi connectivity index (χ4n) is 1.53. The summed E-state index contributed by atoms with van der Waals surface area (Å²) in [6.45, 7) is 5.29. The second kappa shape index (κ2) is 5.53. The predicted molar refractivity (Wildman–Crippen MR) is 65.7 cm³/mol. The molecule has 1 unspecified atom stereocenters. The minimum atomic E-state index is 0.378. The number of hydrogen-bond acceptors (Lipinski definition) is 5. The molecule has 0 aliphatic heterocycles. The monoisotopic (exact) mass is 224 g/mol. The van der Waals surface area contributed by atoms with Crippen molar-refractivity contribution < 1.29 is 4.74 Å². The van der Waals surface area contributed by atoms with E-state index in [4.69, 9.17) is 10.5 Å². The van der Waals surface area contributed by atoms with Crippen LogP contribution in [-0.2, 0) is 0 Å². The van der Waals surface area contributed by atoms with Crippen LogP contribution in [-0.4, -0.2) is 30.7 Å². The third kappa shape index (κ3) is 2.74. The lowest BCUT2D eigenvalue weighted by atomic mass is 10.1. The largest absolute Gasteiger partial charge is 0.490 e. The summed E-state index contributed by atoms with van der Waals surface area (Å²) < 4.78 is 5.22. The van der Waals surface area contributed by atoms with Gasteiger partial charge in [0.15, 0.2) is 11.6 Å². The zero-order valence-electron chi connectivity index (χ0n) is 10.4. The Hall–Kier alpha value is -1.52. The average Bonchev–Trinajstić information content (AvgIpc) is 2.28. The highest BCUT2D eigenvalue weighted by Crippen LogP contribution is 2.29. The van der Waals surface area contributed by atoms with Crippen LogP contribution in [0.3, 0.4) is 0 Å². The van der Waals surface area contributed by atoms with Gasteiger partial charge >= 0.3 is 0 Å². The molecule has 1 aromatic heterocycles. The maximum Gasteiger partial charge on any atom is 0.204 e. The highest BCUT2D eigenvalue weighted by atomic mass is 16.5. The van der Waals surface area contributed by atoms with Gasteiger partial charge in [-0.1, -0.05) is 20.3 Å². The Morgan fingerprint density at radius 1 is 1.50 bits per heavy atom. The van der Waals surface area contributed by atoms with Crippen LogP contribution in [0.4, 0.5) is 11.6 Å². The topological polar surface area (TPSA) is 64.3 Å². The third-order valence-corrected chi connectivity index (χ3v) is 2.66. The molecule has 1 atom stereocenters. The highest BCUT2D eigenvalue weighted by Gasteiger charge is 2.15. The van der Waals surface area contributed by atoms with E-state index in [0.717, 1.165) is 18.8 Å². The number of nitrogens with two attached hydrogens (primary N) is 1. The van der Waals surface area contributed by atoms with E-state index in [9.17, 15) is 0 Å². The first-order valence-electron chi connectivity index (χ1n) is 5.45. The maximum atomic E-state index is 5.73. The molecule has 90 valence electrons.